The van der Waals surface area contributed by atoms with E-state index in [-0.39, 0.29) is 11.9 Å². The van der Waals surface area contributed by atoms with Gasteiger partial charge < -0.3 is 14.1 Å². The van der Waals surface area contributed by atoms with Crippen molar-refractivity contribution in [1.29, 1.82) is 0 Å². The molecular formula is C21H18ClN3O2. The number of oxazole rings is 1. The van der Waals surface area contributed by atoms with Gasteiger partial charge >= 0.3 is 0 Å². The largest absolute Gasteiger partial charge is 0.451 e. The molecule has 0 spiro atoms. The van der Waals surface area contributed by atoms with Gasteiger partial charge in [-0.1, -0.05) is 29.8 Å². The van der Waals surface area contributed by atoms with Crippen LogP contribution in [0.25, 0.3) is 28.0 Å². The highest BCUT2D eigenvalue weighted by molar-refractivity contribution is 6.30. The Hall–Kier alpha value is -3.05. The smallest absolute Gasteiger partial charge is 0.253 e. The molecule has 0 saturated heterocycles. The van der Waals surface area contributed by atoms with Crippen molar-refractivity contribution in [3.05, 3.63) is 71.9 Å². The van der Waals surface area contributed by atoms with Crippen LogP contribution in [-0.4, -0.2) is 21.3 Å². The van der Waals surface area contributed by atoms with Crippen molar-refractivity contribution in [3.8, 4) is 22.5 Å². The van der Waals surface area contributed by atoms with E-state index in [9.17, 15) is 4.79 Å². The summed E-state index contributed by atoms with van der Waals surface area (Å²) in [5.74, 6) is -0.143. The Labute approximate surface area is 161 Å². The minimum atomic E-state index is -0.143. The number of hydrogen-bond donors (Lipinski definition) is 1. The van der Waals surface area contributed by atoms with Crippen LogP contribution < -0.4 is 5.32 Å². The molecule has 0 aliphatic rings. The van der Waals surface area contributed by atoms with E-state index < -0.39 is 0 Å². The summed E-state index contributed by atoms with van der Waals surface area (Å²) in [6.07, 6.45) is 4.89. The fraction of sp³-hybridized carbons (Fsp3) is 0.143. The summed E-state index contributed by atoms with van der Waals surface area (Å²) >= 11 is 6.14. The van der Waals surface area contributed by atoms with Crippen molar-refractivity contribution < 1.29 is 9.21 Å². The minimum absolute atomic E-state index is 0.0349. The first-order chi connectivity index (χ1) is 13.0. The van der Waals surface area contributed by atoms with Crippen molar-refractivity contribution in [2.75, 3.05) is 0 Å². The zero-order chi connectivity index (χ0) is 19.0. The Balaban J connectivity index is 1.92. The first-order valence-electron chi connectivity index (χ1n) is 8.63. The van der Waals surface area contributed by atoms with Crippen molar-refractivity contribution >= 4 is 23.0 Å². The molecule has 0 aliphatic heterocycles. The summed E-state index contributed by atoms with van der Waals surface area (Å²) in [6.45, 7) is 3.86. The van der Waals surface area contributed by atoms with Crippen LogP contribution in [0.2, 0.25) is 5.02 Å². The van der Waals surface area contributed by atoms with Gasteiger partial charge in [-0.15, -0.1) is 0 Å². The molecule has 5 nitrogen and oxygen atoms in total. The Bertz CT molecular complexity index is 1110. The lowest BCUT2D eigenvalue weighted by Crippen LogP contribution is -2.30. The summed E-state index contributed by atoms with van der Waals surface area (Å²) in [4.78, 5) is 17.0. The predicted octanol–water partition coefficient (Wildman–Crippen LogP) is 5.05. The monoisotopic (exact) mass is 379 g/mol. The number of nitrogens with one attached hydrogen (secondary N) is 1. The summed E-state index contributed by atoms with van der Waals surface area (Å²) in [7, 11) is 0. The van der Waals surface area contributed by atoms with Crippen LogP contribution in [0.1, 0.15) is 24.2 Å². The normalized spacial score (nSPS) is 11.3. The highest BCUT2D eigenvalue weighted by Gasteiger charge is 2.21. The molecule has 0 atom stereocenters. The number of carbonyl (C=O) groups is 1. The van der Waals surface area contributed by atoms with Gasteiger partial charge in [0, 0.05) is 22.8 Å². The van der Waals surface area contributed by atoms with E-state index in [4.69, 9.17) is 16.0 Å². The van der Waals surface area contributed by atoms with Crippen LogP contribution in [0.5, 0.6) is 0 Å². The number of carbonyl (C=O) groups excluding carboxylic acids is 1. The van der Waals surface area contributed by atoms with E-state index in [0.717, 1.165) is 16.6 Å². The van der Waals surface area contributed by atoms with Crippen LogP contribution in [0.4, 0.5) is 0 Å². The second kappa shape index (κ2) is 6.93. The van der Waals surface area contributed by atoms with Gasteiger partial charge in [-0.3, -0.25) is 4.79 Å². The van der Waals surface area contributed by atoms with Crippen molar-refractivity contribution in [2.24, 2.45) is 0 Å². The summed E-state index contributed by atoms with van der Waals surface area (Å²) in [5.41, 5.74) is 4.74. The molecule has 3 aromatic heterocycles. The SMILES string of the molecule is CC(C)NC(=O)c1cc2ccc(-c3cccc(Cl)c3)cn2c1-c1cocn1. The number of nitrogens with zero attached hydrogens (tertiary/aromatic N) is 2. The Morgan fingerprint density at radius 1 is 1.19 bits per heavy atom. The molecule has 0 aliphatic carbocycles. The zero-order valence-corrected chi connectivity index (χ0v) is 15.7. The lowest BCUT2D eigenvalue weighted by Gasteiger charge is -2.09. The number of fused-ring (bicyclic) bond motifs is 1. The third-order valence-corrected chi connectivity index (χ3v) is 4.50. The number of hydrogen-bond acceptors (Lipinski definition) is 3. The maximum Gasteiger partial charge on any atom is 0.253 e. The van der Waals surface area contributed by atoms with Crippen LogP contribution in [0, 0.1) is 0 Å². The molecule has 27 heavy (non-hydrogen) atoms. The average molecular weight is 380 g/mol. The van der Waals surface area contributed by atoms with Gasteiger partial charge in [0.25, 0.3) is 5.91 Å². The topological polar surface area (TPSA) is 59.5 Å². The molecule has 136 valence electrons. The molecular weight excluding hydrogens is 362 g/mol. The summed E-state index contributed by atoms with van der Waals surface area (Å²) in [5, 5.41) is 3.62. The van der Waals surface area contributed by atoms with E-state index >= 15 is 0 Å². The highest BCUT2D eigenvalue weighted by atomic mass is 35.5. The van der Waals surface area contributed by atoms with Gasteiger partial charge in [-0.05, 0) is 49.2 Å². The third-order valence-electron chi connectivity index (χ3n) is 4.27. The molecule has 0 saturated carbocycles. The molecule has 6 heteroatoms. The first-order valence-corrected chi connectivity index (χ1v) is 9.01. The average Bonchev–Trinajstić information content (AvgIpc) is 3.27. The van der Waals surface area contributed by atoms with Gasteiger partial charge in [-0.2, -0.15) is 0 Å². The molecule has 0 bridgehead atoms. The second-order valence-corrected chi connectivity index (χ2v) is 7.07. The van der Waals surface area contributed by atoms with E-state index in [1.165, 1.54) is 6.39 Å². The van der Waals surface area contributed by atoms with Gasteiger partial charge in [0.1, 0.15) is 12.0 Å². The number of pyridine rings is 1. The number of halogens is 1. The van der Waals surface area contributed by atoms with Crippen molar-refractivity contribution in [3.63, 3.8) is 0 Å². The van der Waals surface area contributed by atoms with E-state index in [2.05, 4.69) is 10.3 Å². The Morgan fingerprint density at radius 2 is 2.04 bits per heavy atom. The van der Waals surface area contributed by atoms with Crippen LogP contribution in [0.3, 0.4) is 0 Å². The fourth-order valence-electron chi connectivity index (χ4n) is 3.11. The molecule has 3 heterocycles. The number of rotatable bonds is 4. The number of aromatic nitrogens is 2. The van der Waals surface area contributed by atoms with Gasteiger partial charge in [0.05, 0.1) is 11.3 Å². The zero-order valence-electron chi connectivity index (χ0n) is 14.9. The van der Waals surface area contributed by atoms with Gasteiger partial charge in [-0.25, -0.2) is 4.98 Å². The Kier molecular flexibility index (Phi) is 4.46. The standard InChI is InChI=1S/C21H18ClN3O2/c1-13(2)24-21(26)18-9-17-7-6-15(14-4-3-5-16(22)8-14)10-25(17)20(18)19-11-27-12-23-19/h3-13H,1-2H3,(H,24,26). The molecule has 0 fully saturated rings. The lowest BCUT2D eigenvalue weighted by molar-refractivity contribution is 0.0944. The highest BCUT2D eigenvalue weighted by Crippen LogP contribution is 2.30. The van der Waals surface area contributed by atoms with Crippen molar-refractivity contribution in [2.45, 2.75) is 19.9 Å². The van der Waals surface area contributed by atoms with E-state index in [1.54, 1.807) is 6.26 Å². The van der Waals surface area contributed by atoms with E-state index in [0.29, 0.717) is 22.0 Å². The minimum Gasteiger partial charge on any atom is -0.451 e. The molecule has 1 amide bonds. The first kappa shape index (κ1) is 17.4. The van der Waals surface area contributed by atoms with Crippen molar-refractivity contribution in [1.82, 2.24) is 14.7 Å². The maximum atomic E-state index is 12.7. The molecule has 0 radical (unpaired) electrons. The second-order valence-electron chi connectivity index (χ2n) is 6.63. The fourth-order valence-corrected chi connectivity index (χ4v) is 3.30. The lowest BCUT2D eigenvalue weighted by atomic mass is 10.1. The quantitative estimate of drug-likeness (QED) is 0.539. The Morgan fingerprint density at radius 3 is 2.74 bits per heavy atom. The van der Waals surface area contributed by atoms with Crippen LogP contribution >= 0.6 is 11.6 Å². The third kappa shape index (κ3) is 3.34. The summed E-state index contributed by atoms with van der Waals surface area (Å²) < 4.78 is 7.12. The van der Waals surface area contributed by atoms with Crippen LogP contribution in [-0.2, 0) is 0 Å². The van der Waals surface area contributed by atoms with E-state index in [1.807, 2.05) is 66.9 Å². The molecule has 1 aromatic carbocycles. The molecule has 4 aromatic rings. The predicted molar refractivity (Wildman–Crippen MR) is 106 cm³/mol. The number of amides is 1. The summed E-state index contributed by atoms with van der Waals surface area (Å²) in [6, 6.07) is 13.6. The van der Waals surface area contributed by atoms with Crippen LogP contribution in [0.15, 0.2) is 65.7 Å². The molecule has 1 N–H and O–H groups in total. The van der Waals surface area contributed by atoms with Gasteiger partial charge in [0.15, 0.2) is 6.39 Å². The number of benzene rings is 1. The maximum absolute atomic E-state index is 12.7. The molecule has 4 rings (SSSR count). The molecule has 0 unspecified atom stereocenters. The van der Waals surface area contributed by atoms with Gasteiger partial charge in [0.2, 0.25) is 0 Å².